The lowest BCUT2D eigenvalue weighted by Crippen LogP contribution is -2.02. The summed E-state index contributed by atoms with van der Waals surface area (Å²) in [4.78, 5) is 18.9. The normalized spacial score (nSPS) is 11.1. The average Bonchev–Trinajstić information content (AvgIpc) is 3.18. The summed E-state index contributed by atoms with van der Waals surface area (Å²) in [5.41, 5.74) is 6.76. The number of nitrogens with zero attached hydrogens (tertiary/aromatic N) is 3. The van der Waals surface area contributed by atoms with E-state index in [0.29, 0.717) is 12.5 Å². The first-order valence-corrected chi connectivity index (χ1v) is 10.4. The lowest BCUT2D eigenvalue weighted by atomic mass is 10.0. The predicted octanol–water partition coefficient (Wildman–Crippen LogP) is 4.88. The fraction of sp³-hybridized carbons (Fsp3) is 0.115. The Labute approximate surface area is 185 Å². The lowest BCUT2D eigenvalue weighted by Gasteiger charge is -2.09. The number of para-hydroxylation sites is 1. The van der Waals surface area contributed by atoms with Gasteiger partial charge in [-0.05, 0) is 36.2 Å². The largest absolute Gasteiger partial charge is 0.471 e. The van der Waals surface area contributed by atoms with Gasteiger partial charge in [0.05, 0.1) is 16.8 Å². The van der Waals surface area contributed by atoms with E-state index in [1.165, 1.54) is 6.07 Å². The van der Waals surface area contributed by atoms with Gasteiger partial charge in [0.25, 0.3) is 0 Å². The first-order chi connectivity index (χ1) is 15.6. The number of rotatable bonds is 5. The molecule has 0 amide bonds. The number of aryl methyl sites for hydroxylation is 2. The summed E-state index contributed by atoms with van der Waals surface area (Å²) in [7, 11) is 1.84. The van der Waals surface area contributed by atoms with Gasteiger partial charge in [0.15, 0.2) is 0 Å². The number of aromatic nitrogens is 4. The molecule has 0 saturated heterocycles. The van der Waals surface area contributed by atoms with Crippen LogP contribution in [0.4, 0.5) is 0 Å². The Morgan fingerprint density at radius 3 is 2.56 bits per heavy atom. The number of aromatic amines is 1. The van der Waals surface area contributed by atoms with Crippen LogP contribution in [0.25, 0.3) is 33.3 Å². The highest BCUT2D eigenvalue weighted by Gasteiger charge is 2.12. The first-order valence-electron chi connectivity index (χ1n) is 10.4. The Hall–Kier alpha value is -4.19. The monoisotopic (exact) mass is 422 g/mol. The van der Waals surface area contributed by atoms with Crippen molar-refractivity contribution in [1.82, 2.24) is 19.7 Å². The number of hydrogen-bond acceptors (Lipinski definition) is 4. The van der Waals surface area contributed by atoms with E-state index in [-0.39, 0.29) is 5.56 Å². The maximum Gasteiger partial charge on any atom is 0.247 e. The standard InChI is InChI=1S/C26H22N4O2/c1-17-13-20-5-3-4-6-23(20)28-25(17)19-9-7-18(8-10-19)16-32-26-22(15-30(2)29-26)21-11-12-24(31)27-14-21/h3-15H,16H2,1-2H3,(H,27,31). The molecule has 0 aliphatic heterocycles. The van der Waals surface area contributed by atoms with Gasteiger partial charge in [-0.15, -0.1) is 5.10 Å². The third kappa shape index (κ3) is 3.90. The molecule has 5 rings (SSSR count). The molecule has 0 aliphatic carbocycles. The second-order valence-electron chi connectivity index (χ2n) is 7.80. The molecule has 0 saturated carbocycles. The van der Waals surface area contributed by atoms with Crippen LogP contribution >= 0.6 is 0 Å². The Kier molecular flexibility index (Phi) is 5.03. The molecule has 0 aliphatic rings. The highest BCUT2D eigenvalue weighted by Crippen LogP contribution is 2.29. The molecule has 6 nitrogen and oxygen atoms in total. The zero-order valence-electron chi connectivity index (χ0n) is 17.9. The Morgan fingerprint density at radius 2 is 1.78 bits per heavy atom. The summed E-state index contributed by atoms with van der Waals surface area (Å²) in [5.74, 6) is 0.524. The minimum Gasteiger partial charge on any atom is -0.471 e. The second kappa shape index (κ2) is 8.15. The van der Waals surface area contributed by atoms with E-state index in [9.17, 15) is 4.79 Å². The molecule has 0 spiro atoms. The van der Waals surface area contributed by atoms with Crippen LogP contribution in [0.15, 0.2) is 83.9 Å². The molecule has 0 radical (unpaired) electrons. The summed E-state index contributed by atoms with van der Waals surface area (Å²) in [6.45, 7) is 2.48. The highest BCUT2D eigenvalue weighted by atomic mass is 16.5. The van der Waals surface area contributed by atoms with Crippen LogP contribution in [-0.4, -0.2) is 19.7 Å². The molecule has 0 unspecified atom stereocenters. The Morgan fingerprint density at radius 1 is 1.00 bits per heavy atom. The topological polar surface area (TPSA) is 72.8 Å². The van der Waals surface area contributed by atoms with Gasteiger partial charge >= 0.3 is 0 Å². The zero-order valence-corrected chi connectivity index (χ0v) is 17.9. The van der Waals surface area contributed by atoms with Crippen molar-refractivity contribution in [2.24, 2.45) is 7.05 Å². The predicted molar refractivity (Wildman–Crippen MR) is 126 cm³/mol. The van der Waals surface area contributed by atoms with Gasteiger partial charge in [-0.2, -0.15) is 0 Å². The SMILES string of the molecule is Cc1cc2ccccc2nc1-c1ccc(COc2nn(C)cc2-c2ccc(=O)[nH]c2)cc1. The minimum atomic E-state index is -0.142. The maximum absolute atomic E-state index is 11.4. The van der Waals surface area contributed by atoms with E-state index in [1.807, 2.05) is 43.6 Å². The van der Waals surface area contributed by atoms with Crippen molar-refractivity contribution in [3.8, 4) is 28.3 Å². The number of hydrogen-bond donors (Lipinski definition) is 1. The van der Waals surface area contributed by atoms with Crippen molar-refractivity contribution in [2.75, 3.05) is 0 Å². The van der Waals surface area contributed by atoms with Crippen molar-refractivity contribution >= 4 is 10.9 Å². The molecule has 3 aromatic heterocycles. The van der Waals surface area contributed by atoms with Crippen LogP contribution < -0.4 is 10.3 Å². The molecule has 2 aromatic carbocycles. The number of pyridine rings is 2. The Balaban J connectivity index is 1.36. The fourth-order valence-corrected chi connectivity index (χ4v) is 3.78. The van der Waals surface area contributed by atoms with Crippen molar-refractivity contribution in [1.29, 1.82) is 0 Å². The van der Waals surface area contributed by atoms with Crippen LogP contribution in [-0.2, 0) is 13.7 Å². The van der Waals surface area contributed by atoms with Crippen molar-refractivity contribution in [3.63, 3.8) is 0 Å². The van der Waals surface area contributed by atoms with Crippen molar-refractivity contribution < 1.29 is 4.74 Å². The molecule has 0 bridgehead atoms. The van der Waals surface area contributed by atoms with Gasteiger partial charge in [-0.3, -0.25) is 9.48 Å². The number of fused-ring (bicyclic) bond motifs is 1. The van der Waals surface area contributed by atoms with Gasteiger partial charge in [0.2, 0.25) is 11.4 Å². The van der Waals surface area contributed by atoms with Crippen molar-refractivity contribution in [2.45, 2.75) is 13.5 Å². The van der Waals surface area contributed by atoms with Gasteiger partial charge in [-0.1, -0.05) is 42.5 Å². The highest BCUT2D eigenvalue weighted by molar-refractivity contribution is 5.83. The van der Waals surface area contributed by atoms with E-state index in [0.717, 1.165) is 44.4 Å². The minimum absolute atomic E-state index is 0.142. The molecular formula is C26H22N4O2. The fourth-order valence-electron chi connectivity index (χ4n) is 3.78. The van der Waals surface area contributed by atoms with E-state index in [2.05, 4.69) is 41.3 Å². The smallest absolute Gasteiger partial charge is 0.247 e. The molecule has 0 fully saturated rings. The number of nitrogens with one attached hydrogen (secondary N) is 1. The van der Waals surface area contributed by atoms with E-state index >= 15 is 0 Å². The molecule has 1 N–H and O–H groups in total. The molecular weight excluding hydrogens is 400 g/mol. The van der Waals surface area contributed by atoms with Gasteiger partial charge in [0, 0.05) is 42.0 Å². The summed E-state index contributed by atoms with van der Waals surface area (Å²) in [5, 5.41) is 5.57. The summed E-state index contributed by atoms with van der Waals surface area (Å²) >= 11 is 0. The number of H-pyrrole nitrogens is 1. The number of ether oxygens (including phenoxy) is 1. The maximum atomic E-state index is 11.4. The lowest BCUT2D eigenvalue weighted by molar-refractivity contribution is 0.292. The van der Waals surface area contributed by atoms with Crippen LogP contribution in [0.1, 0.15) is 11.1 Å². The van der Waals surface area contributed by atoms with E-state index < -0.39 is 0 Å². The van der Waals surface area contributed by atoms with Crippen LogP contribution in [0, 0.1) is 6.92 Å². The van der Waals surface area contributed by atoms with Gasteiger partial charge in [0.1, 0.15) is 6.61 Å². The average molecular weight is 422 g/mol. The summed E-state index contributed by atoms with van der Waals surface area (Å²) < 4.78 is 7.72. The van der Waals surface area contributed by atoms with Crippen LogP contribution in [0.3, 0.4) is 0 Å². The quantitative estimate of drug-likeness (QED) is 0.438. The van der Waals surface area contributed by atoms with E-state index in [4.69, 9.17) is 9.72 Å². The third-order valence-corrected chi connectivity index (χ3v) is 5.41. The summed E-state index contributed by atoms with van der Waals surface area (Å²) in [6, 6.07) is 21.8. The van der Waals surface area contributed by atoms with Gasteiger partial charge in [-0.25, -0.2) is 4.98 Å². The molecule has 0 atom stereocenters. The second-order valence-corrected chi connectivity index (χ2v) is 7.80. The summed E-state index contributed by atoms with van der Waals surface area (Å²) in [6.07, 6.45) is 3.54. The number of benzene rings is 2. The Bertz CT molecular complexity index is 1450. The molecule has 5 aromatic rings. The zero-order chi connectivity index (χ0) is 22.1. The van der Waals surface area contributed by atoms with Crippen LogP contribution in [0.2, 0.25) is 0 Å². The van der Waals surface area contributed by atoms with Crippen molar-refractivity contribution in [3.05, 3.63) is 101 Å². The first kappa shape index (κ1) is 19.8. The molecule has 32 heavy (non-hydrogen) atoms. The van der Waals surface area contributed by atoms with Gasteiger partial charge < -0.3 is 9.72 Å². The third-order valence-electron chi connectivity index (χ3n) is 5.41. The molecule has 3 heterocycles. The van der Waals surface area contributed by atoms with E-state index in [1.54, 1.807) is 16.9 Å². The van der Waals surface area contributed by atoms with Crippen LogP contribution in [0.5, 0.6) is 5.88 Å². The molecule has 6 heteroatoms. The molecule has 158 valence electrons.